The average Bonchev–Trinajstić information content (AvgIpc) is 2.45. The Bertz CT molecular complexity index is 566. The third-order valence-electron chi connectivity index (χ3n) is 3.46. The van der Waals surface area contributed by atoms with Crippen LogP contribution in [0.3, 0.4) is 0 Å². The van der Waals surface area contributed by atoms with Gasteiger partial charge in [0.1, 0.15) is 5.75 Å². The van der Waals surface area contributed by atoms with Gasteiger partial charge in [-0.2, -0.15) is 0 Å². The minimum absolute atomic E-state index is 0.0369. The zero-order valence-corrected chi connectivity index (χ0v) is 12.7. The highest BCUT2D eigenvalue weighted by atomic mass is 35.5. The number of hydrogen-bond acceptors (Lipinski definition) is 2. The van der Waals surface area contributed by atoms with Crippen molar-refractivity contribution in [2.75, 3.05) is 7.11 Å². The lowest BCUT2D eigenvalue weighted by Gasteiger charge is -2.14. The van der Waals surface area contributed by atoms with Crippen molar-refractivity contribution in [2.24, 2.45) is 5.73 Å². The second kappa shape index (κ2) is 6.78. The van der Waals surface area contributed by atoms with Crippen molar-refractivity contribution in [1.29, 1.82) is 0 Å². The van der Waals surface area contributed by atoms with Crippen LogP contribution in [0.4, 0.5) is 0 Å². The monoisotopic (exact) mass is 289 g/mol. The maximum absolute atomic E-state index is 6.25. The zero-order chi connectivity index (χ0) is 14.5. The summed E-state index contributed by atoms with van der Waals surface area (Å²) >= 11 is 6.25. The van der Waals surface area contributed by atoms with E-state index in [9.17, 15) is 0 Å². The van der Waals surface area contributed by atoms with E-state index in [4.69, 9.17) is 22.1 Å². The van der Waals surface area contributed by atoms with Gasteiger partial charge in [0.25, 0.3) is 0 Å². The highest BCUT2D eigenvalue weighted by molar-refractivity contribution is 6.31. The summed E-state index contributed by atoms with van der Waals surface area (Å²) < 4.78 is 5.15. The minimum atomic E-state index is -0.0369. The Morgan fingerprint density at radius 3 is 2.45 bits per heavy atom. The lowest BCUT2D eigenvalue weighted by Crippen LogP contribution is -2.12. The van der Waals surface area contributed by atoms with Crippen molar-refractivity contribution < 1.29 is 4.74 Å². The summed E-state index contributed by atoms with van der Waals surface area (Å²) in [7, 11) is 1.67. The number of nitrogens with two attached hydrogens (primary N) is 1. The fourth-order valence-corrected chi connectivity index (χ4v) is 2.58. The number of methoxy groups -OCH3 is 1. The SMILES string of the molecule is COc1ccc(CCC(N)c2ccc(C)cc2Cl)cc1. The van der Waals surface area contributed by atoms with Crippen molar-refractivity contribution >= 4 is 11.6 Å². The Morgan fingerprint density at radius 2 is 1.85 bits per heavy atom. The molecule has 0 fully saturated rings. The molecule has 0 aromatic heterocycles. The number of hydrogen-bond donors (Lipinski definition) is 1. The summed E-state index contributed by atoms with van der Waals surface area (Å²) in [6, 6.07) is 14.1. The molecular formula is C17H20ClNO. The maximum Gasteiger partial charge on any atom is 0.118 e. The molecule has 1 atom stereocenters. The van der Waals surface area contributed by atoms with Crippen LogP contribution in [-0.2, 0) is 6.42 Å². The van der Waals surface area contributed by atoms with Gasteiger partial charge in [-0.1, -0.05) is 35.9 Å². The highest BCUT2D eigenvalue weighted by Crippen LogP contribution is 2.26. The highest BCUT2D eigenvalue weighted by Gasteiger charge is 2.10. The van der Waals surface area contributed by atoms with E-state index in [1.165, 1.54) is 5.56 Å². The molecule has 0 aliphatic rings. The van der Waals surface area contributed by atoms with Crippen molar-refractivity contribution in [2.45, 2.75) is 25.8 Å². The van der Waals surface area contributed by atoms with E-state index in [0.29, 0.717) is 0 Å². The predicted octanol–water partition coefficient (Wildman–Crippen LogP) is 4.29. The molecule has 2 rings (SSSR count). The topological polar surface area (TPSA) is 35.2 Å². The summed E-state index contributed by atoms with van der Waals surface area (Å²) in [5.41, 5.74) is 9.67. The summed E-state index contributed by atoms with van der Waals surface area (Å²) in [4.78, 5) is 0. The zero-order valence-electron chi connectivity index (χ0n) is 11.9. The fourth-order valence-electron chi connectivity index (χ4n) is 2.20. The Kier molecular flexibility index (Phi) is 5.05. The van der Waals surface area contributed by atoms with Crippen molar-refractivity contribution in [3.63, 3.8) is 0 Å². The Labute approximate surface area is 125 Å². The molecule has 1 unspecified atom stereocenters. The number of rotatable bonds is 5. The van der Waals surface area contributed by atoms with E-state index in [1.807, 2.05) is 31.2 Å². The van der Waals surface area contributed by atoms with Gasteiger partial charge in [-0.05, 0) is 54.7 Å². The average molecular weight is 290 g/mol. The van der Waals surface area contributed by atoms with Gasteiger partial charge in [-0.25, -0.2) is 0 Å². The van der Waals surface area contributed by atoms with E-state index in [-0.39, 0.29) is 6.04 Å². The van der Waals surface area contributed by atoms with Crippen LogP contribution < -0.4 is 10.5 Å². The van der Waals surface area contributed by atoms with Crippen LogP contribution in [0.25, 0.3) is 0 Å². The molecule has 3 heteroatoms. The van der Waals surface area contributed by atoms with Crippen LogP contribution in [0.1, 0.15) is 29.2 Å². The van der Waals surface area contributed by atoms with E-state index >= 15 is 0 Å². The van der Waals surface area contributed by atoms with Crippen molar-refractivity contribution in [1.82, 2.24) is 0 Å². The molecule has 0 spiro atoms. The number of benzene rings is 2. The number of ether oxygens (including phenoxy) is 1. The van der Waals surface area contributed by atoms with Gasteiger partial charge >= 0.3 is 0 Å². The van der Waals surface area contributed by atoms with Gasteiger partial charge in [0.15, 0.2) is 0 Å². The molecule has 0 heterocycles. The third kappa shape index (κ3) is 3.75. The van der Waals surface area contributed by atoms with Crippen LogP contribution in [-0.4, -0.2) is 7.11 Å². The summed E-state index contributed by atoms with van der Waals surface area (Å²) in [5, 5.41) is 0.757. The van der Waals surface area contributed by atoms with Crippen molar-refractivity contribution in [3.05, 3.63) is 64.2 Å². The molecule has 20 heavy (non-hydrogen) atoms. The molecule has 0 amide bonds. The van der Waals surface area contributed by atoms with E-state index in [0.717, 1.165) is 34.7 Å². The van der Waals surface area contributed by atoms with E-state index < -0.39 is 0 Å². The first-order chi connectivity index (χ1) is 9.60. The van der Waals surface area contributed by atoms with E-state index in [2.05, 4.69) is 18.2 Å². The van der Waals surface area contributed by atoms with Crippen LogP contribution in [0.5, 0.6) is 5.75 Å². The lowest BCUT2D eigenvalue weighted by atomic mass is 9.99. The maximum atomic E-state index is 6.25. The molecule has 0 saturated carbocycles. The van der Waals surface area contributed by atoms with Gasteiger partial charge in [0.2, 0.25) is 0 Å². The molecule has 106 valence electrons. The minimum Gasteiger partial charge on any atom is -0.497 e. The Balaban J connectivity index is 1.98. The molecule has 0 saturated heterocycles. The smallest absolute Gasteiger partial charge is 0.118 e. The molecule has 0 bridgehead atoms. The number of halogens is 1. The van der Waals surface area contributed by atoms with E-state index in [1.54, 1.807) is 7.11 Å². The van der Waals surface area contributed by atoms with Gasteiger partial charge in [-0.15, -0.1) is 0 Å². The molecular weight excluding hydrogens is 270 g/mol. The van der Waals surface area contributed by atoms with Crippen molar-refractivity contribution in [3.8, 4) is 5.75 Å². The normalized spacial score (nSPS) is 12.2. The first-order valence-electron chi connectivity index (χ1n) is 6.74. The summed E-state index contributed by atoms with van der Waals surface area (Å²) in [6.07, 6.45) is 1.80. The molecule has 2 N–H and O–H groups in total. The van der Waals surface area contributed by atoms with Gasteiger partial charge < -0.3 is 10.5 Å². The van der Waals surface area contributed by atoms with Gasteiger partial charge in [0.05, 0.1) is 7.11 Å². The lowest BCUT2D eigenvalue weighted by molar-refractivity contribution is 0.414. The Morgan fingerprint density at radius 1 is 1.15 bits per heavy atom. The predicted molar refractivity (Wildman–Crippen MR) is 84.4 cm³/mol. The van der Waals surface area contributed by atoms with Crippen LogP contribution in [0, 0.1) is 6.92 Å². The van der Waals surface area contributed by atoms with Gasteiger partial charge in [0, 0.05) is 11.1 Å². The second-order valence-corrected chi connectivity index (χ2v) is 5.43. The first-order valence-corrected chi connectivity index (χ1v) is 7.12. The van der Waals surface area contributed by atoms with Crippen LogP contribution in [0.15, 0.2) is 42.5 Å². The van der Waals surface area contributed by atoms with Crippen LogP contribution in [0.2, 0.25) is 5.02 Å². The standard InChI is InChI=1S/C17H20ClNO/c1-12-3-9-15(16(18)11-12)17(19)10-6-13-4-7-14(20-2)8-5-13/h3-5,7-9,11,17H,6,10,19H2,1-2H3. The molecule has 0 aliphatic carbocycles. The third-order valence-corrected chi connectivity index (χ3v) is 3.79. The number of aryl methyl sites for hydroxylation is 2. The summed E-state index contributed by atoms with van der Waals surface area (Å²) in [5.74, 6) is 0.875. The quantitative estimate of drug-likeness (QED) is 0.891. The second-order valence-electron chi connectivity index (χ2n) is 5.02. The van der Waals surface area contributed by atoms with Gasteiger partial charge in [-0.3, -0.25) is 0 Å². The molecule has 2 aromatic carbocycles. The summed E-state index contributed by atoms with van der Waals surface area (Å²) in [6.45, 7) is 2.03. The first kappa shape index (κ1) is 14.9. The Hall–Kier alpha value is -1.51. The largest absolute Gasteiger partial charge is 0.497 e. The van der Waals surface area contributed by atoms with Crippen LogP contribution >= 0.6 is 11.6 Å². The molecule has 0 radical (unpaired) electrons. The molecule has 2 nitrogen and oxygen atoms in total. The molecule has 0 aliphatic heterocycles. The molecule has 2 aromatic rings. The fraction of sp³-hybridized carbons (Fsp3) is 0.294.